The van der Waals surface area contributed by atoms with Gasteiger partial charge in [-0.05, 0) is 75.3 Å². The van der Waals surface area contributed by atoms with E-state index in [-0.39, 0.29) is 44.6 Å². The minimum atomic E-state index is -1.84. The number of esters is 1. The minimum absolute atomic E-state index is 0.0443. The molecule has 0 unspecified atom stereocenters. The number of carbonyl (C=O) groups excluding carboxylic acids is 12. The van der Waals surface area contributed by atoms with Crippen molar-refractivity contribution in [2.75, 3.05) is 26.8 Å². The fourth-order valence-electron chi connectivity index (χ4n) is 9.53. The summed E-state index contributed by atoms with van der Waals surface area (Å²) in [6.07, 6.45) is -0.0980. The molecule has 506 valence electrons. The molecule has 0 radical (unpaired) electrons. The Hall–Kier alpha value is -7.99. The summed E-state index contributed by atoms with van der Waals surface area (Å²) in [4.78, 5) is 171. The number of hydrogen-bond donors (Lipinski definition) is 16. The third-order valence-electron chi connectivity index (χ3n) is 16.2. The fourth-order valence-corrected chi connectivity index (χ4v) is 9.53. The van der Waals surface area contributed by atoms with Crippen LogP contribution in [0.2, 0.25) is 0 Å². The van der Waals surface area contributed by atoms with Crippen LogP contribution in [0.5, 0.6) is 0 Å². The van der Waals surface area contributed by atoms with Crippen LogP contribution in [0.4, 0.5) is 0 Å². The summed E-state index contributed by atoms with van der Waals surface area (Å²) in [5.74, 6) is -13.4. The van der Waals surface area contributed by atoms with Gasteiger partial charge in [0.2, 0.25) is 65.0 Å². The maximum atomic E-state index is 14.5. The highest BCUT2D eigenvalue weighted by molar-refractivity contribution is 5.99. The smallest absolute Gasteiger partial charge is 0.329 e. The second-order valence-electron chi connectivity index (χ2n) is 23.1. The van der Waals surface area contributed by atoms with Crippen LogP contribution in [0, 0.1) is 23.7 Å². The van der Waals surface area contributed by atoms with E-state index < -0.39 is 193 Å². The van der Waals surface area contributed by atoms with Gasteiger partial charge < -0.3 is 90.6 Å². The van der Waals surface area contributed by atoms with Crippen LogP contribution in [0.1, 0.15) is 139 Å². The van der Waals surface area contributed by atoms with Crippen molar-refractivity contribution < 1.29 is 72.5 Å². The van der Waals surface area contributed by atoms with Crippen LogP contribution in [0.15, 0.2) is 35.3 Å². The molecule has 11 amide bonds. The molecule has 30 heteroatoms. The predicted molar refractivity (Wildman–Crippen MR) is 333 cm³/mol. The number of carbonyl (C=O) groups is 12. The summed E-state index contributed by atoms with van der Waals surface area (Å²) < 4.78 is 5.77. The van der Waals surface area contributed by atoms with Gasteiger partial charge in [0.15, 0.2) is 5.96 Å². The molecule has 0 aliphatic carbocycles. The number of aliphatic hydroxyl groups is 2. The molecule has 0 spiro atoms. The molecule has 0 bridgehead atoms. The number of ether oxygens (including phenoxy) is 1. The molecule has 1 aliphatic heterocycles. The van der Waals surface area contributed by atoms with Crippen molar-refractivity contribution in [2.24, 2.45) is 45.9 Å². The number of rotatable bonds is 36. The van der Waals surface area contributed by atoms with Crippen LogP contribution in [0.3, 0.4) is 0 Å². The lowest BCUT2D eigenvalue weighted by molar-refractivity contribution is -0.157. The van der Waals surface area contributed by atoms with Crippen LogP contribution >= 0.6 is 0 Å². The average Bonchev–Trinajstić information content (AvgIpc) is 1.88. The molecular formula is C60H101N15O15. The Morgan fingerprint density at radius 2 is 1.04 bits per heavy atom. The van der Waals surface area contributed by atoms with Gasteiger partial charge in [0.1, 0.15) is 66.5 Å². The number of likely N-dealkylation sites (N-methyl/N-ethyl adjacent to an activating group) is 1. The Labute approximate surface area is 527 Å². The third-order valence-corrected chi connectivity index (χ3v) is 16.2. The number of aliphatic hydroxyl groups excluding tert-OH is 2. The molecule has 2 rings (SSSR count). The average molecular weight is 1270 g/mol. The monoisotopic (exact) mass is 1270 g/mol. The zero-order valence-electron chi connectivity index (χ0n) is 53.9. The van der Waals surface area contributed by atoms with E-state index in [0.717, 1.165) is 5.56 Å². The first-order chi connectivity index (χ1) is 42.6. The predicted octanol–water partition coefficient (Wildman–Crippen LogP) is -3.10. The van der Waals surface area contributed by atoms with Crippen LogP contribution in [-0.2, 0) is 68.7 Å². The molecule has 0 aromatic heterocycles. The quantitative estimate of drug-likeness (QED) is 0.0137. The lowest BCUT2D eigenvalue weighted by Gasteiger charge is -2.31. The van der Waals surface area contributed by atoms with Crippen molar-refractivity contribution in [3.8, 4) is 0 Å². The molecular weight excluding hydrogens is 1170 g/mol. The number of guanidine groups is 1. The number of cyclic esters (lactones) is 1. The second-order valence-corrected chi connectivity index (χ2v) is 23.1. The van der Waals surface area contributed by atoms with Crippen molar-refractivity contribution in [1.82, 2.24) is 58.5 Å². The highest BCUT2D eigenvalue weighted by atomic mass is 16.5. The maximum Gasteiger partial charge on any atom is 0.329 e. The Bertz CT molecular complexity index is 2590. The largest absolute Gasteiger partial charge is 0.458 e. The number of nitrogens with one attached hydrogen (secondary N) is 11. The van der Waals surface area contributed by atoms with E-state index in [4.69, 9.17) is 21.9 Å². The molecule has 0 saturated carbocycles. The third kappa shape index (κ3) is 25.1. The molecule has 19 N–H and O–H groups in total. The molecule has 1 aliphatic rings. The van der Waals surface area contributed by atoms with E-state index in [1.165, 1.54) is 6.92 Å². The van der Waals surface area contributed by atoms with Gasteiger partial charge in [-0.3, -0.25) is 57.7 Å². The molecule has 1 fully saturated rings. The van der Waals surface area contributed by atoms with Gasteiger partial charge in [-0.25, -0.2) is 4.79 Å². The Balaban J connectivity index is 2.47. The fraction of sp³-hybridized carbons (Fsp3) is 0.683. The van der Waals surface area contributed by atoms with E-state index in [1.807, 2.05) is 30.3 Å². The molecule has 1 aromatic rings. The van der Waals surface area contributed by atoms with Gasteiger partial charge in [0, 0.05) is 13.0 Å². The van der Waals surface area contributed by atoms with Crippen molar-refractivity contribution >= 4 is 76.9 Å². The van der Waals surface area contributed by atoms with Crippen LogP contribution < -0.4 is 75.7 Å². The van der Waals surface area contributed by atoms with Gasteiger partial charge >= 0.3 is 5.97 Å². The maximum absolute atomic E-state index is 14.5. The normalized spacial score (nSPS) is 20.8. The highest BCUT2D eigenvalue weighted by Crippen LogP contribution is 2.18. The molecule has 16 atom stereocenters. The summed E-state index contributed by atoms with van der Waals surface area (Å²) in [7, 11) is 1.60. The minimum Gasteiger partial charge on any atom is -0.458 e. The Morgan fingerprint density at radius 1 is 0.589 bits per heavy atom. The van der Waals surface area contributed by atoms with Gasteiger partial charge in [-0.1, -0.05) is 125 Å². The summed E-state index contributed by atoms with van der Waals surface area (Å²) in [6.45, 7) is 14.6. The Morgan fingerprint density at radius 3 is 1.52 bits per heavy atom. The molecule has 30 nitrogen and oxygen atoms in total. The second kappa shape index (κ2) is 39.9. The number of nitrogens with zero attached hydrogens (tertiary/aromatic N) is 1. The first-order valence-corrected chi connectivity index (χ1v) is 31.1. The summed E-state index contributed by atoms with van der Waals surface area (Å²) in [5, 5.41) is 49.7. The van der Waals surface area contributed by atoms with Crippen LogP contribution in [-0.4, -0.2) is 186 Å². The first kappa shape index (κ1) is 78.1. The molecule has 1 aromatic carbocycles. The molecule has 1 saturated heterocycles. The number of aliphatic imine (C=N–C) groups is 1. The van der Waals surface area contributed by atoms with Crippen molar-refractivity contribution in [3.05, 3.63) is 35.9 Å². The van der Waals surface area contributed by atoms with Crippen LogP contribution in [0.25, 0.3) is 0 Å². The number of nitrogens with two attached hydrogens (primary N) is 3. The van der Waals surface area contributed by atoms with E-state index in [1.54, 1.807) is 69.4 Å². The van der Waals surface area contributed by atoms with E-state index in [2.05, 4.69) is 63.5 Å². The number of primary amides is 1. The Kier molecular flexibility index (Phi) is 34.6. The lowest BCUT2D eigenvalue weighted by Crippen LogP contribution is -2.63. The SMILES string of the molecule is CCC[C@@H]1NC(=O)[C@H](CCCN=C(N)N)NC(=O)[C@H](NC(=O)[C@H](CO)NC(=O)[C@@H](NC(=O)[C@H](NC(=O)[C@@H](CCC(N)=O)NC(=O)[C@H](CO)NC(=O)[C@@H](NC(=O)[C@@H](Cc2ccccc2)NC)[C@@H](C)CC)[C@H](C)CC)[C@@H](C)CC)[C@H](C)OC(=O)[C@H]([C@@H](C)CC)NC1=O. The summed E-state index contributed by atoms with van der Waals surface area (Å²) in [5.41, 5.74) is 17.3. The highest BCUT2D eigenvalue weighted by Gasteiger charge is 2.41. The number of benzene rings is 1. The van der Waals surface area contributed by atoms with Crippen molar-refractivity contribution in [2.45, 2.75) is 212 Å². The van der Waals surface area contributed by atoms with Crippen molar-refractivity contribution in [3.63, 3.8) is 0 Å². The molecule has 1 heterocycles. The number of amides is 11. The van der Waals surface area contributed by atoms with Gasteiger partial charge in [0.25, 0.3) is 0 Å². The van der Waals surface area contributed by atoms with Gasteiger partial charge in [-0.2, -0.15) is 0 Å². The summed E-state index contributed by atoms with van der Waals surface area (Å²) in [6, 6.07) is -6.36. The zero-order valence-corrected chi connectivity index (χ0v) is 53.9. The zero-order chi connectivity index (χ0) is 67.9. The lowest BCUT2D eigenvalue weighted by atomic mass is 9.94. The first-order valence-electron chi connectivity index (χ1n) is 31.1. The number of hydrogen-bond acceptors (Lipinski definition) is 17. The van der Waals surface area contributed by atoms with E-state index in [0.29, 0.717) is 25.7 Å². The van der Waals surface area contributed by atoms with E-state index in [9.17, 15) is 67.7 Å². The van der Waals surface area contributed by atoms with E-state index >= 15 is 0 Å². The topological polar surface area (TPSA) is 477 Å². The summed E-state index contributed by atoms with van der Waals surface area (Å²) >= 11 is 0. The van der Waals surface area contributed by atoms with Crippen molar-refractivity contribution in [1.29, 1.82) is 0 Å². The van der Waals surface area contributed by atoms with Gasteiger partial charge in [0.05, 0.1) is 19.3 Å². The van der Waals surface area contributed by atoms with Gasteiger partial charge in [-0.15, -0.1) is 0 Å². The standard InChI is InChI=1S/C60H101N15O15/c1-12-21-37-50(80)74-47(34(9)16-5)59(89)90-35(10)48(58(88)68-38(49(79)66-37)24-20-27-65-60(62)63)75-54(84)42(30-77)70-56(86)45(32(7)14-3)73-57(87)46(33(8)15-4)71-51(81)39(25-26-43(61)78)67-53(83)41(29-76)69-55(85)44(31(6)13-2)72-52(82)40(64-11)28-36-22-18-17-19-23-36/h17-19,22-23,31-35,37-42,44-48,64,76-77H,12-16,20-21,24-30H2,1-11H3,(H2,61,78)(H,66,79)(H,67,83)(H,68,88)(H,69,85)(H,70,86)(H,71,81)(H,72,82)(H,73,87)(H,74,80)(H,75,84)(H4,62,63,65)/t31-,32-,33+,34-,35-,37-,38-,39+,40+,41-,42-,44-,45-,46+,47-,48+/m0/s1. The molecule has 90 heavy (non-hydrogen) atoms.